The fourth-order valence-electron chi connectivity index (χ4n) is 2.06. The lowest BCUT2D eigenvalue weighted by Gasteiger charge is -2.19. The molecule has 6 nitrogen and oxygen atoms in total. The Bertz CT molecular complexity index is 485. The Labute approximate surface area is 92.9 Å². The largest absolute Gasteiger partial charge is 0.311 e. The summed E-state index contributed by atoms with van der Waals surface area (Å²) in [4.78, 5) is 4.48. The maximum absolute atomic E-state index is 4.48. The average Bonchev–Trinajstić information content (AvgIpc) is 2.97. The van der Waals surface area contributed by atoms with Gasteiger partial charge in [-0.25, -0.2) is 4.98 Å². The fourth-order valence-corrected chi connectivity index (χ4v) is 2.06. The quantitative estimate of drug-likeness (QED) is 0.678. The molecular weight excluding hydrogens is 204 g/mol. The predicted octanol–water partition coefficient (Wildman–Crippen LogP) is 0.325. The summed E-state index contributed by atoms with van der Waals surface area (Å²) >= 11 is 0. The lowest BCUT2D eigenvalue weighted by atomic mass is 9.97. The number of nitrogens with one attached hydrogen (secondary N) is 3. The first-order valence-corrected chi connectivity index (χ1v) is 5.52. The Balaban J connectivity index is 1.97. The van der Waals surface area contributed by atoms with Crippen molar-refractivity contribution in [1.29, 1.82) is 0 Å². The minimum absolute atomic E-state index is 0.183. The summed E-state index contributed by atoms with van der Waals surface area (Å²) in [7, 11) is 0. The summed E-state index contributed by atoms with van der Waals surface area (Å²) in [5, 5.41) is 17.7. The van der Waals surface area contributed by atoms with E-state index >= 15 is 0 Å². The van der Waals surface area contributed by atoms with Crippen LogP contribution >= 0.6 is 0 Å². The molecule has 3 rings (SSSR count). The highest BCUT2D eigenvalue weighted by Crippen LogP contribution is 2.25. The SMILES string of the molecule is CCc1nc(C2CNCc3cn[nH]c32)n[nH]1. The van der Waals surface area contributed by atoms with Gasteiger partial charge >= 0.3 is 0 Å². The molecule has 1 aliphatic heterocycles. The number of hydrogen-bond donors (Lipinski definition) is 3. The van der Waals surface area contributed by atoms with E-state index in [1.165, 1.54) is 5.56 Å². The second-order valence-corrected chi connectivity index (χ2v) is 3.99. The van der Waals surface area contributed by atoms with Gasteiger partial charge in [-0.1, -0.05) is 6.92 Å². The van der Waals surface area contributed by atoms with Crippen LogP contribution in [0, 0.1) is 0 Å². The van der Waals surface area contributed by atoms with Crippen molar-refractivity contribution in [3.63, 3.8) is 0 Å². The van der Waals surface area contributed by atoms with E-state index in [9.17, 15) is 0 Å². The third kappa shape index (κ3) is 1.42. The van der Waals surface area contributed by atoms with Gasteiger partial charge < -0.3 is 5.32 Å². The Morgan fingerprint density at radius 2 is 2.38 bits per heavy atom. The third-order valence-corrected chi connectivity index (χ3v) is 2.96. The number of rotatable bonds is 2. The Kier molecular flexibility index (Phi) is 2.21. The van der Waals surface area contributed by atoms with E-state index in [-0.39, 0.29) is 5.92 Å². The molecule has 3 heterocycles. The topological polar surface area (TPSA) is 82.3 Å². The van der Waals surface area contributed by atoms with E-state index < -0.39 is 0 Å². The standard InChI is InChI=1S/C10H14N6/c1-2-8-13-10(16-14-8)7-5-11-3-6-4-12-15-9(6)7/h4,7,11H,2-3,5H2,1H3,(H,12,15)(H,13,14,16). The Morgan fingerprint density at radius 1 is 1.44 bits per heavy atom. The van der Waals surface area contributed by atoms with Gasteiger partial charge in [0.15, 0.2) is 5.82 Å². The summed E-state index contributed by atoms with van der Waals surface area (Å²) in [6, 6.07) is 0. The molecule has 1 aliphatic rings. The molecule has 16 heavy (non-hydrogen) atoms. The monoisotopic (exact) mass is 218 g/mol. The highest BCUT2D eigenvalue weighted by atomic mass is 15.2. The Hall–Kier alpha value is -1.69. The van der Waals surface area contributed by atoms with E-state index in [0.29, 0.717) is 0 Å². The van der Waals surface area contributed by atoms with Gasteiger partial charge in [-0.3, -0.25) is 10.2 Å². The molecule has 0 bridgehead atoms. The van der Waals surface area contributed by atoms with Crippen LogP contribution in [0.5, 0.6) is 0 Å². The molecular formula is C10H14N6. The van der Waals surface area contributed by atoms with Gasteiger partial charge in [0, 0.05) is 25.1 Å². The van der Waals surface area contributed by atoms with Gasteiger partial charge in [0.2, 0.25) is 0 Å². The first kappa shape index (κ1) is 9.53. The van der Waals surface area contributed by atoms with Gasteiger partial charge in [-0.2, -0.15) is 10.2 Å². The van der Waals surface area contributed by atoms with E-state index in [0.717, 1.165) is 36.9 Å². The van der Waals surface area contributed by atoms with Crippen molar-refractivity contribution in [1.82, 2.24) is 30.7 Å². The first-order chi connectivity index (χ1) is 7.88. The van der Waals surface area contributed by atoms with Crippen molar-refractivity contribution in [2.24, 2.45) is 0 Å². The molecule has 0 spiro atoms. The van der Waals surface area contributed by atoms with E-state index in [1.807, 2.05) is 6.20 Å². The van der Waals surface area contributed by atoms with Crippen LogP contribution in [0.25, 0.3) is 0 Å². The highest BCUT2D eigenvalue weighted by molar-refractivity contribution is 5.28. The molecule has 0 saturated heterocycles. The molecule has 0 saturated carbocycles. The Morgan fingerprint density at radius 3 is 3.19 bits per heavy atom. The summed E-state index contributed by atoms with van der Waals surface area (Å²) < 4.78 is 0. The molecule has 2 aromatic rings. The molecule has 0 aliphatic carbocycles. The molecule has 1 atom stereocenters. The van der Waals surface area contributed by atoms with Crippen molar-refractivity contribution >= 4 is 0 Å². The van der Waals surface area contributed by atoms with Crippen LogP contribution in [0.15, 0.2) is 6.20 Å². The number of aromatic nitrogens is 5. The van der Waals surface area contributed by atoms with Crippen molar-refractivity contribution in [3.8, 4) is 0 Å². The second-order valence-electron chi connectivity index (χ2n) is 3.99. The first-order valence-electron chi connectivity index (χ1n) is 5.52. The zero-order chi connectivity index (χ0) is 11.0. The van der Waals surface area contributed by atoms with Gasteiger partial charge in [-0.05, 0) is 0 Å². The average molecular weight is 218 g/mol. The van der Waals surface area contributed by atoms with Gasteiger partial charge in [-0.15, -0.1) is 0 Å². The summed E-state index contributed by atoms with van der Waals surface area (Å²) in [5.41, 5.74) is 2.35. The smallest absolute Gasteiger partial charge is 0.160 e. The summed E-state index contributed by atoms with van der Waals surface area (Å²) in [6.07, 6.45) is 2.74. The van der Waals surface area contributed by atoms with Crippen LogP contribution in [0.2, 0.25) is 0 Å². The van der Waals surface area contributed by atoms with Crippen molar-refractivity contribution in [3.05, 3.63) is 29.1 Å². The van der Waals surface area contributed by atoms with Gasteiger partial charge in [0.25, 0.3) is 0 Å². The number of nitrogens with zero attached hydrogens (tertiary/aromatic N) is 3. The van der Waals surface area contributed by atoms with Crippen LogP contribution < -0.4 is 5.32 Å². The minimum atomic E-state index is 0.183. The minimum Gasteiger partial charge on any atom is -0.311 e. The van der Waals surface area contributed by atoms with Crippen molar-refractivity contribution < 1.29 is 0 Å². The second kappa shape index (κ2) is 3.71. The fraction of sp³-hybridized carbons (Fsp3) is 0.500. The van der Waals surface area contributed by atoms with Crippen LogP contribution in [0.1, 0.15) is 35.7 Å². The predicted molar refractivity (Wildman–Crippen MR) is 57.9 cm³/mol. The van der Waals surface area contributed by atoms with Gasteiger partial charge in [0.05, 0.1) is 17.8 Å². The number of aryl methyl sites for hydroxylation is 1. The number of fused-ring (bicyclic) bond motifs is 1. The van der Waals surface area contributed by atoms with Crippen molar-refractivity contribution in [2.75, 3.05) is 6.54 Å². The molecule has 0 radical (unpaired) electrons. The zero-order valence-electron chi connectivity index (χ0n) is 9.12. The van der Waals surface area contributed by atoms with Crippen molar-refractivity contribution in [2.45, 2.75) is 25.8 Å². The number of aromatic amines is 2. The molecule has 3 N–H and O–H groups in total. The maximum Gasteiger partial charge on any atom is 0.160 e. The third-order valence-electron chi connectivity index (χ3n) is 2.96. The zero-order valence-corrected chi connectivity index (χ0v) is 9.12. The van der Waals surface area contributed by atoms with Crippen LogP contribution in [0.4, 0.5) is 0 Å². The molecule has 0 aromatic carbocycles. The number of H-pyrrole nitrogens is 2. The van der Waals surface area contributed by atoms with Crippen LogP contribution in [-0.4, -0.2) is 31.9 Å². The summed E-state index contributed by atoms with van der Waals surface area (Å²) in [6.45, 7) is 3.79. The van der Waals surface area contributed by atoms with Crippen LogP contribution in [0.3, 0.4) is 0 Å². The lowest BCUT2D eigenvalue weighted by Crippen LogP contribution is -2.29. The summed E-state index contributed by atoms with van der Waals surface area (Å²) in [5.74, 6) is 1.96. The van der Waals surface area contributed by atoms with Gasteiger partial charge in [0.1, 0.15) is 5.82 Å². The lowest BCUT2D eigenvalue weighted by molar-refractivity contribution is 0.564. The molecule has 2 aromatic heterocycles. The normalized spacial score (nSPS) is 19.7. The molecule has 6 heteroatoms. The highest BCUT2D eigenvalue weighted by Gasteiger charge is 2.26. The number of hydrogen-bond acceptors (Lipinski definition) is 4. The molecule has 1 unspecified atom stereocenters. The molecule has 0 fully saturated rings. The van der Waals surface area contributed by atoms with Crippen LogP contribution in [-0.2, 0) is 13.0 Å². The van der Waals surface area contributed by atoms with E-state index in [2.05, 4.69) is 37.6 Å². The van der Waals surface area contributed by atoms with E-state index in [1.54, 1.807) is 0 Å². The molecule has 84 valence electrons. The molecule has 0 amide bonds. The van der Waals surface area contributed by atoms with E-state index in [4.69, 9.17) is 0 Å². The maximum atomic E-state index is 4.48.